The summed E-state index contributed by atoms with van der Waals surface area (Å²) in [5.74, 6) is -0.892. The molecular weight excluding hydrogens is 407 g/mol. The fourth-order valence-corrected chi connectivity index (χ4v) is 3.38. The molecule has 1 unspecified atom stereocenters. The lowest BCUT2D eigenvalue weighted by Crippen LogP contribution is -2.27. The second kappa shape index (κ2) is 9.09. The highest BCUT2D eigenvalue weighted by molar-refractivity contribution is 6.42. The first-order chi connectivity index (χ1) is 13.9. The van der Waals surface area contributed by atoms with E-state index < -0.39 is 5.92 Å². The molecule has 0 aliphatic rings. The third-order valence-corrected chi connectivity index (χ3v) is 5.36. The van der Waals surface area contributed by atoms with E-state index >= 15 is 0 Å². The smallest absolute Gasteiger partial charge is 0.233 e. The van der Waals surface area contributed by atoms with Gasteiger partial charge in [-0.15, -0.1) is 0 Å². The monoisotopic (exact) mass is 426 g/mol. The van der Waals surface area contributed by atoms with Crippen LogP contribution in [0.5, 0.6) is 0 Å². The van der Waals surface area contributed by atoms with Crippen molar-refractivity contribution in [1.82, 2.24) is 0 Å². The predicted octanol–water partition coefficient (Wildman–Crippen LogP) is 4.92. The second-order valence-electron chi connectivity index (χ2n) is 6.49. The summed E-state index contributed by atoms with van der Waals surface area (Å²) in [4.78, 5) is 12.9. The van der Waals surface area contributed by atoms with E-state index in [0.29, 0.717) is 32.5 Å². The van der Waals surface area contributed by atoms with Crippen LogP contribution in [0, 0.1) is 5.41 Å². The lowest BCUT2D eigenvalue weighted by Gasteiger charge is -2.18. The van der Waals surface area contributed by atoms with Crippen molar-refractivity contribution in [1.29, 1.82) is 5.41 Å². The van der Waals surface area contributed by atoms with Crippen LogP contribution in [-0.2, 0) is 4.79 Å². The van der Waals surface area contributed by atoms with Crippen molar-refractivity contribution in [2.45, 2.75) is 5.92 Å². The van der Waals surface area contributed by atoms with Gasteiger partial charge >= 0.3 is 0 Å². The Hall–Kier alpha value is -2.86. The molecule has 0 aliphatic heterocycles. The molecule has 29 heavy (non-hydrogen) atoms. The Bertz CT molecular complexity index is 1050. The fraction of sp³-hybridized carbons (Fsp3) is 0.0909. The lowest BCUT2D eigenvalue weighted by molar-refractivity contribution is -0.117. The number of nitrogens with two attached hydrogens (primary N) is 2. The first kappa shape index (κ1) is 20.9. The van der Waals surface area contributed by atoms with E-state index in [0.717, 1.165) is 17.3 Å². The van der Waals surface area contributed by atoms with Gasteiger partial charge in [0, 0.05) is 35.3 Å². The van der Waals surface area contributed by atoms with Crippen LogP contribution in [0.1, 0.15) is 17.0 Å². The summed E-state index contributed by atoms with van der Waals surface area (Å²) in [6.45, 7) is 0.0989. The maximum Gasteiger partial charge on any atom is 0.233 e. The Morgan fingerprint density at radius 3 is 2.41 bits per heavy atom. The van der Waals surface area contributed by atoms with Gasteiger partial charge in [0.05, 0.1) is 16.0 Å². The number of anilines is 2. The van der Waals surface area contributed by atoms with E-state index in [1.54, 1.807) is 30.3 Å². The number of halogens is 2. The molecule has 1 amide bonds. The molecular formula is C22H20Cl2N4O. The number of rotatable bonds is 6. The number of carbonyl (C=O) groups is 1. The zero-order chi connectivity index (χ0) is 21.0. The molecule has 7 heteroatoms. The molecule has 0 saturated carbocycles. The number of benzene rings is 3. The van der Waals surface area contributed by atoms with Crippen LogP contribution in [0.3, 0.4) is 0 Å². The van der Waals surface area contributed by atoms with Gasteiger partial charge in [0.15, 0.2) is 0 Å². The number of carbonyl (C=O) groups excluding carboxylic acids is 1. The molecule has 1 atom stereocenters. The summed E-state index contributed by atoms with van der Waals surface area (Å²) in [6, 6.07) is 18.0. The largest absolute Gasteiger partial charge is 0.398 e. The van der Waals surface area contributed by atoms with Crippen LogP contribution in [-0.4, -0.2) is 18.7 Å². The maximum atomic E-state index is 12.9. The van der Waals surface area contributed by atoms with Gasteiger partial charge in [0.25, 0.3) is 0 Å². The summed E-state index contributed by atoms with van der Waals surface area (Å²) in [7, 11) is 0. The molecule has 0 saturated heterocycles. The van der Waals surface area contributed by atoms with Crippen LogP contribution >= 0.6 is 23.2 Å². The summed E-state index contributed by atoms with van der Waals surface area (Å²) < 4.78 is 0. The second-order valence-corrected chi connectivity index (χ2v) is 7.30. The number of amides is 1. The maximum absolute atomic E-state index is 12.9. The molecule has 0 spiro atoms. The zero-order valence-corrected chi connectivity index (χ0v) is 17.0. The molecule has 3 aromatic rings. The Labute approximate surface area is 179 Å². The van der Waals surface area contributed by atoms with Crippen molar-refractivity contribution in [3.8, 4) is 11.1 Å². The quantitative estimate of drug-likeness (QED) is 0.331. The molecule has 3 rings (SSSR count). The van der Waals surface area contributed by atoms with Crippen molar-refractivity contribution in [2.24, 2.45) is 5.73 Å². The van der Waals surface area contributed by atoms with E-state index in [2.05, 4.69) is 5.32 Å². The van der Waals surface area contributed by atoms with E-state index in [-0.39, 0.29) is 12.5 Å². The van der Waals surface area contributed by atoms with Gasteiger partial charge < -0.3 is 22.2 Å². The van der Waals surface area contributed by atoms with Gasteiger partial charge in [0.2, 0.25) is 5.91 Å². The van der Waals surface area contributed by atoms with Gasteiger partial charge in [-0.1, -0.05) is 59.6 Å². The first-order valence-corrected chi connectivity index (χ1v) is 9.65. The number of hydrogen-bond acceptors (Lipinski definition) is 4. The molecule has 0 aromatic heterocycles. The van der Waals surface area contributed by atoms with Crippen molar-refractivity contribution >= 4 is 46.7 Å². The topological polar surface area (TPSA) is 105 Å². The van der Waals surface area contributed by atoms with Gasteiger partial charge in [0.1, 0.15) is 0 Å². The molecule has 0 radical (unpaired) electrons. The van der Waals surface area contributed by atoms with Crippen molar-refractivity contribution in [2.75, 3.05) is 17.6 Å². The molecule has 0 aliphatic carbocycles. The van der Waals surface area contributed by atoms with Gasteiger partial charge in [-0.3, -0.25) is 4.79 Å². The Morgan fingerprint density at radius 1 is 1.07 bits per heavy atom. The summed E-state index contributed by atoms with van der Waals surface area (Å²) >= 11 is 12.0. The van der Waals surface area contributed by atoms with Gasteiger partial charge in [-0.2, -0.15) is 0 Å². The minimum absolute atomic E-state index is 0.0989. The SMILES string of the molecule is N=Cc1cc(NC(=O)C(CN)c2ccc(Cl)c(Cl)c2)cc(-c2ccccc2)c1N. The van der Waals surface area contributed by atoms with Crippen LogP contribution < -0.4 is 16.8 Å². The Balaban J connectivity index is 1.95. The number of nitrogens with one attached hydrogen (secondary N) is 2. The van der Waals surface area contributed by atoms with E-state index in [4.69, 9.17) is 40.1 Å². The summed E-state index contributed by atoms with van der Waals surface area (Å²) in [5, 5.41) is 11.3. The third kappa shape index (κ3) is 4.59. The average molecular weight is 427 g/mol. The number of hydrogen-bond donors (Lipinski definition) is 4. The highest BCUT2D eigenvalue weighted by Gasteiger charge is 2.21. The van der Waals surface area contributed by atoms with Crippen molar-refractivity contribution < 1.29 is 4.79 Å². The Kier molecular flexibility index (Phi) is 6.54. The normalized spacial score (nSPS) is 11.7. The molecule has 0 fully saturated rings. The van der Waals surface area contributed by atoms with Crippen LogP contribution in [0.25, 0.3) is 11.1 Å². The Morgan fingerprint density at radius 2 is 1.79 bits per heavy atom. The minimum atomic E-state index is -0.606. The fourth-order valence-electron chi connectivity index (χ4n) is 3.08. The van der Waals surface area contributed by atoms with Crippen LogP contribution in [0.15, 0.2) is 60.7 Å². The zero-order valence-electron chi connectivity index (χ0n) is 15.5. The van der Waals surface area contributed by atoms with Crippen LogP contribution in [0.2, 0.25) is 10.0 Å². The lowest BCUT2D eigenvalue weighted by atomic mass is 9.97. The third-order valence-electron chi connectivity index (χ3n) is 4.62. The minimum Gasteiger partial charge on any atom is -0.398 e. The first-order valence-electron chi connectivity index (χ1n) is 8.90. The van der Waals surface area contributed by atoms with E-state index in [1.807, 2.05) is 30.3 Å². The molecule has 0 bridgehead atoms. The highest BCUT2D eigenvalue weighted by Crippen LogP contribution is 2.32. The van der Waals surface area contributed by atoms with Gasteiger partial charge in [-0.25, -0.2) is 0 Å². The highest BCUT2D eigenvalue weighted by atomic mass is 35.5. The van der Waals surface area contributed by atoms with Gasteiger partial charge in [-0.05, 0) is 35.4 Å². The average Bonchev–Trinajstić information content (AvgIpc) is 2.73. The molecule has 0 heterocycles. The summed E-state index contributed by atoms with van der Waals surface area (Å²) in [5.41, 5.74) is 15.9. The predicted molar refractivity (Wildman–Crippen MR) is 121 cm³/mol. The molecule has 3 aromatic carbocycles. The standard InChI is InChI=1S/C22H20Cl2N4O/c23-19-7-6-14(9-20(19)24)18(12-26)22(29)28-16-8-15(11-25)21(27)17(10-16)13-4-2-1-3-5-13/h1-11,18,25H,12,26-27H2,(H,28,29). The van der Waals surface area contributed by atoms with Crippen molar-refractivity contribution in [3.63, 3.8) is 0 Å². The summed E-state index contributed by atoms with van der Waals surface area (Å²) in [6.07, 6.45) is 1.16. The molecule has 148 valence electrons. The number of nitrogen functional groups attached to an aromatic ring is 1. The van der Waals surface area contributed by atoms with E-state index in [9.17, 15) is 4.79 Å². The molecule has 6 N–H and O–H groups in total. The van der Waals surface area contributed by atoms with Crippen molar-refractivity contribution in [3.05, 3.63) is 81.8 Å². The van der Waals surface area contributed by atoms with Crippen LogP contribution in [0.4, 0.5) is 11.4 Å². The molecule has 5 nitrogen and oxygen atoms in total. The van der Waals surface area contributed by atoms with E-state index in [1.165, 1.54) is 0 Å².